The number of nitrogens with one attached hydrogen (secondary N) is 1. The first-order valence-corrected chi connectivity index (χ1v) is 8.72. The van der Waals surface area contributed by atoms with Gasteiger partial charge < -0.3 is 10.4 Å². The first-order valence-electron chi connectivity index (χ1n) is 7.74. The molecule has 0 aliphatic rings. The van der Waals surface area contributed by atoms with Crippen molar-refractivity contribution in [1.29, 1.82) is 5.26 Å². The Kier molecular flexibility index (Phi) is 6.86. The smallest absolute Gasteiger partial charge is 0.252 e. The normalized spacial score (nSPS) is 11.5. The molecule has 2 aromatic rings. The van der Waals surface area contributed by atoms with Crippen molar-refractivity contribution in [3.63, 3.8) is 0 Å². The van der Waals surface area contributed by atoms with E-state index in [4.69, 9.17) is 10.4 Å². The van der Waals surface area contributed by atoms with E-state index in [1.807, 2.05) is 37.3 Å². The van der Waals surface area contributed by atoms with Gasteiger partial charge in [-0.05, 0) is 35.7 Å². The summed E-state index contributed by atoms with van der Waals surface area (Å²) in [4.78, 5) is 13.3. The molecule has 0 aromatic heterocycles. The number of hydrogen-bond donors (Lipinski definition) is 2. The second-order valence-electron chi connectivity index (χ2n) is 5.59. The third-order valence-electron chi connectivity index (χ3n) is 3.53. The van der Waals surface area contributed by atoms with Crippen LogP contribution in [-0.2, 0) is 5.75 Å². The van der Waals surface area contributed by atoms with Crippen LogP contribution in [0.3, 0.4) is 0 Å². The van der Waals surface area contributed by atoms with Crippen LogP contribution in [0.4, 0.5) is 0 Å². The summed E-state index contributed by atoms with van der Waals surface area (Å²) in [6.45, 7) is 2.38. The molecule has 2 N–H and O–H groups in total. The molecule has 5 heteroatoms. The maximum atomic E-state index is 12.3. The Labute approximate surface area is 146 Å². The van der Waals surface area contributed by atoms with Crippen LogP contribution >= 0.6 is 11.8 Å². The summed E-state index contributed by atoms with van der Waals surface area (Å²) >= 11 is 1.59. The molecule has 0 bridgehead atoms. The highest BCUT2D eigenvalue weighted by molar-refractivity contribution is 7.98. The molecular formula is C19H20N2O2S. The average Bonchev–Trinajstić information content (AvgIpc) is 2.64. The van der Waals surface area contributed by atoms with Gasteiger partial charge in [0.2, 0.25) is 0 Å². The fraction of sp³-hybridized carbons (Fsp3) is 0.263. The zero-order valence-corrected chi connectivity index (χ0v) is 14.3. The summed E-state index contributed by atoms with van der Waals surface area (Å²) in [7, 11) is 0. The van der Waals surface area contributed by atoms with Crippen LogP contribution < -0.4 is 5.32 Å². The van der Waals surface area contributed by atoms with Gasteiger partial charge in [-0.1, -0.05) is 31.2 Å². The van der Waals surface area contributed by atoms with Crippen LogP contribution in [-0.4, -0.2) is 24.2 Å². The Hall–Kier alpha value is -2.29. The molecule has 0 heterocycles. The van der Waals surface area contributed by atoms with E-state index in [-0.39, 0.29) is 18.4 Å². The number of rotatable bonds is 7. The molecule has 124 valence electrons. The molecule has 24 heavy (non-hydrogen) atoms. The highest BCUT2D eigenvalue weighted by atomic mass is 32.2. The lowest BCUT2D eigenvalue weighted by Gasteiger charge is -2.12. The summed E-state index contributed by atoms with van der Waals surface area (Å²) in [6.07, 6.45) is 0. The average molecular weight is 340 g/mol. The molecule has 0 saturated heterocycles. The quantitative estimate of drug-likeness (QED) is 0.759. The first-order chi connectivity index (χ1) is 11.6. The van der Waals surface area contributed by atoms with E-state index in [0.717, 1.165) is 16.2 Å². The zero-order valence-electron chi connectivity index (χ0n) is 13.5. The largest absolute Gasteiger partial charge is 0.396 e. The summed E-state index contributed by atoms with van der Waals surface area (Å²) in [5.41, 5.74) is 2.38. The molecule has 0 aliphatic heterocycles. The van der Waals surface area contributed by atoms with Gasteiger partial charge in [-0.2, -0.15) is 5.26 Å². The summed E-state index contributed by atoms with van der Waals surface area (Å²) in [5.74, 6) is 0.633. The molecule has 1 amide bonds. The van der Waals surface area contributed by atoms with E-state index in [2.05, 4.69) is 11.4 Å². The highest BCUT2D eigenvalue weighted by Gasteiger charge is 2.12. The Morgan fingerprint density at radius 3 is 2.62 bits per heavy atom. The molecular weight excluding hydrogens is 320 g/mol. The zero-order chi connectivity index (χ0) is 17.4. The van der Waals surface area contributed by atoms with Crippen LogP contribution in [0.5, 0.6) is 0 Å². The number of nitrogens with zero attached hydrogens (tertiary/aromatic N) is 1. The van der Waals surface area contributed by atoms with Crippen molar-refractivity contribution < 1.29 is 9.90 Å². The predicted octanol–water partition coefficient (Wildman–Crippen LogP) is 3.21. The summed E-state index contributed by atoms with van der Waals surface area (Å²) < 4.78 is 0. The number of thioether (sulfide) groups is 1. The second-order valence-corrected chi connectivity index (χ2v) is 6.61. The van der Waals surface area contributed by atoms with Gasteiger partial charge in [0.25, 0.3) is 5.91 Å². The number of aliphatic hydroxyl groups is 1. The van der Waals surface area contributed by atoms with Crippen molar-refractivity contribution in [1.82, 2.24) is 5.32 Å². The van der Waals surface area contributed by atoms with Gasteiger partial charge in [-0.3, -0.25) is 4.79 Å². The monoisotopic (exact) mass is 340 g/mol. The van der Waals surface area contributed by atoms with E-state index in [1.165, 1.54) is 0 Å². The van der Waals surface area contributed by atoms with Gasteiger partial charge in [0.05, 0.1) is 17.2 Å². The molecule has 0 radical (unpaired) electrons. The number of carbonyl (C=O) groups is 1. The van der Waals surface area contributed by atoms with Crippen molar-refractivity contribution in [2.75, 3.05) is 13.2 Å². The fourth-order valence-electron chi connectivity index (χ4n) is 2.04. The van der Waals surface area contributed by atoms with Crippen LogP contribution in [0, 0.1) is 17.2 Å². The van der Waals surface area contributed by atoms with Crippen molar-refractivity contribution in [3.8, 4) is 6.07 Å². The van der Waals surface area contributed by atoms with Crippen molar-refractivity contribution in [3.05, 3.63) is 65.2 Å². The van der Waals surface area contributed by atoms with Gasteiger partial charge in [0, 0.05) is 23.8 Å². The third kappa shape index (κ3) is 5.12. The first kappa shape index (κ1) is 18.1. The topological polar surface area (TPSA) is 73.1 Å². The van der Waals surface area contributed by atoms with E-state index >= 15 is 0 Å². The van der Waals surface area contributed by atoms with Gasteiger partial charge in [0.1, 0.15) is 0 Å². The number of benzene rings is 2. The molecule has 1 unspecified atom stereocenters. The minimum Gasteiger partial charge on any atom is -0.396 e. The molecule has 4 nitrogen and oxygen atoms in total. The van der Waals surface area contributed by atoms with Crippen LogP contribution in [0.25, 0.3) is 0 Å². The lowest BCUT2D eigenvalue weighted by molar-refractivity contribution is 0.0939. The molecule has 1 atom stereocenters. The molecule has 0 spiro atoms. The molecule has 2 aromatic carbocycles. The van der Waals surface area contributed by atoms with E-state index < -0.39 is 0 Å². The number of carbonyl (C=O) groups excluding carboxylic acids is 1. The molecule has 0 fully saturated rings. The summed E-state index contributed by atoms with van der Waals surface area (Å²) in [6, 6.07) is 17.0. The SMILES string of the molecule is CC(CO)CNC(=O)c1ccccc1SCc1ccc(C#N)cc1. The van der Waals surface area contributed by atoms with Gasteiger partial charge in [0.15, 0.2) is 0 Å². The maximum Gasteiger partial charge on any atom is 0.252 e. The van der Waals surface area contributed by atoms with Crippen molar-refractivity contribution >= 4 is 17.7 Å². The predicted molar refractivity (Wildman–Crippen MR) is 95.7 cm³/mol. The molecule has 2 rings (SSSR count). The van der Waals surface area contributed by atoms with E-state index in [1.54, 1.807) is 30.0 Å². The Balaban J connectivity index is 2.02. The van der Waals surface area contributed by atoms with Crippen LogP contribution in [0.1, 0.15) is 28.4 Å². The van der Waals surface area contributed by atoms with Gasteiger partial charge >= 0.3 is 0 Å². The highest BCUT2D eigenvalue weighted by Crippen LogP contribution is 2.26. The minimum absolute atomic E-state index is 0.0346. The second kappa shape index (κ2) is 9.11. The standard InChI is InChI=1S/C19H20N2O2S/c1-14(12-22)11-21-19(23)17-4-2-3-5-18(17)24-13-16-8-6-15(10-20)7-9-16/h2-9,14,22H,11-13H2,1H3,(H,21,23). The summed E-state index contributed by atoms with van der Waals surface area (Å²) in [5, 5.41) is 20.7. The number of aliphatic hydroxyl groups excluding tert-OH is 1. The lowest BCUT2D eigenvalue weighted by Crippen LogP contribution is -2.29. The Bertz CT molecular complexity index is 723. The van der Waals surface area contributed by atoms with E-state index in [9.17, 15) is 4.79 Å². The number of hydrogen-bond acceptors (Lipinski definition) is 4. The van der Waals surface area contributed by atoms with Crippen molar-refractivity contribution in [2.24, 2.45) is 5.92 Å². The van der Waals surface area contributed by atoms with Gasteiger partial charge in [-0.25, -0.2) is 0 Å². The van der Waals surface area contributed by atoms with Crippen molar-refractivity contribution in [2.45, 2.75) is 17.6 Å². The van der Waals surface area contributed by atoms with Crippen LogP contribution in [0.15, 0.2) is 53.4 Å². The maximum absolute atomic E-state index is 12.3. The van der Waals surface area contributed by atoms with E-state index in [0.29, 0.717) is 17.7 Å². The Morgan fingerprint density at radius 2 is 1.96 bits per heavy atom. The minimum atomic E-state index is -0.127. The molecule has 0 aliphatic carbocycles. The Morgan fingerprint density at radius 1 is 1.25 bits per heavy atom. The lowest BCUT2D eigenvalue weighted by atomic mass is 10.1. The number of amides is 1. The third-order valence-corrected chi connectivity index (χ3v) is 4.68. The van der Waals surface area contributed by atoms with Gasteiger partial charge in [-0.15, -0.1) is 11.8 Å². The fourth-order valence-corrected chi connectivity index (χ4v) is 3.05. The van der Waals surface area contributed by atoms with Crippen LogP contribution in [0.2, 0.25) is 0 Å². The molecule has 0 saturated carbocycles. The number of nitriles is 1.